The number of benzene rings is 3. The van der Waals surface area contributed by atoms with E-state index in [2.05, 4.69) is 35.2 Å². The third-order valence-electron chi connectivity index (χ3n) is 8.66. The SMILES string of the molecule is C[C@@H](C(=O)N(CC1=CC=CC(O)(F)C1)C1Cc2ccccc2C1)N1CCc2ccccc2[C@@H]1c1ccccc1Cl. The molecule has 1 unspecified atom stereocenters. The molecule has 1 N–H and O–H groups in total. The molecule has 0 saturated carbocycles. The van der Waals surface area contributed by atoms with Crippen LogP contribution in [0.4, 0.5) is 4.39 Å². The van der Waals surface area contributed by atoms with E-state index in [0.717, 1.165) is 30.9 Å². The van der Waals surface area contributed by atoms with Gasteiger partial charge in [-0.1, -0.05) is 90.5 Å². The topological polar surface area (TPSA) is 43.8 Å². The Labute approximate surface area is 240 Å². The van der Waals surface area contributed by atoms with Crippen LogP contribution in [0.1, 0.15) is 47.2 Å². The van der Waals surface area contributed by atoms with Gasteiger partial charge in [0, 0.05) is 30.6 Å². The van der Waals surface area contributed by atoms with Gasteiger partial charge in [-0.3, -0.25) is 9.69 Å². The van der Waals surface area contributed by atoms with Crippen molar-refractivity contribution in [3.05, 3.63) is 129 Å². The lowest BCUT2D eigenvalue weighted by atomic mass is 9.87. The van der Waals surface area contributed by atoms with E-state index in [4.69, 9.17) is 11.6 Å². The van der Waals surface area contributed by atoms with Gasteiger partial charge >= 0.3 is 0 Å². The van der Waals surface area contributed by atoms with Crippen LogP contribution in [-0.2, 0) is 24.1 Å². The van der Waals surface area contributed by atoms with Crippen molar-refractivity contribution in [3.63, 3.8) is 0 Å². The zero-order valence-electron chi connectivity index (χ0n) is 22.6. The molecule has 3 aromatic rings. The molecule has 2 aliphatic carbocycles. The minimum atomic E-state index is -2.39. The Hall–Kier alpha value is -3.25. The molecule has 1 aliphatic heterocycles. The molecule has 3 aromatic carbocycles. The van der Waals surface area contributed by atoms with Gasteiger partial charge in [-0.05, 0) is 71.7 Å². The number of hydrogen-bond acceptors (Lipinski definition) is 3. The lowest BCUT2D eigenvalue weighted by molar-refractivity contribution is -0.139. The maximum absolute atomic E-state index is 14.5. The largest absolute Gasteiger partial charge is 0.358 e. The third kappa shape index (κ3) is 5.26. The molecule has 0 fully saturated rings. The van der Waals surface area contributed by atoms with Gasteiger partial charge in [0.05, 0.1) is 12.1 Å². The number of fused-ring (bicyclic) bond motifs is 2. The number of nitrogens with zero attached hydrogens (tertiary/aromatic N) is 2. The molecule has 0 radical (unpaired) electrons. The Balaban J connectivity index is 1.34. The summed E-state index contributed by atoms with van der Waals surface area (Å²) in [6.07, 6.45) is 6.75. The van der Waals surface area contributed by atoms with Crippen molar-refractivity contribution in [3.8, 4) is 0 Å². The predicted octanol–water partition coefficient (Wildman–Crippen LogP) is 6.22. The molecule has 0 saturated heterocycles. The van der Waals surface area contributed by atoms with Gasteiger partial charge in [-0.25, -0.2) is 4.39 Å². The highest BCUT2D eigenvalue weighted by Gasteiger charge is 2.40. The van der Waals surface area contributed by atoms with Crippen LogP contribution in [-0.4, -0.2) is 51.8 Å². The molecular weight excluding hydrogens is 523 g/mol. The molecule has 1 amide bonds. The fourth-order valence-electron chi connectivity index (χ4n) is 6.67. The summed E-state index contributed by atoms with van der Waals surface area (Å²) < 4.78 is 14.5. The minimum Gasteiger partial charge on any atom is -0.358 e. The van der Waals surface area contributed by atoms with Crippen LogP contribution in [0.2, 0.25) is 5.02 Å². The van der Waals surface area contributed by atoms with Crippen molar-refractivity contribution in [2.45, 2.75) is 56.6 Å². The molecule has 206 valence electrons. The number of carbonyl (C=O) groups excluding carboxylic acids is 1. The summed E-state index contributed by atoms with van der Waals surface area (Å²) in [5.41, 5.74) is 6.63. The lowest BCUT2D eigenvalue weighted by Gasteiger charge is -2.43. The summed E-state index contributed by atoms with van der Waals surface area (Å²) in [6.45, 7) is 2.98. The van der Waals surface area contributed by atoms with Gasteiger partial charge in [0.15, 0.2) is 0 Å². The molecule has 6 rings (SSSR count). The van der Waals surface area contributed by atoms with Crippen LogP contribution in [0.25, 0.3) is 0 Å². The zero-order valence-corrected chi connectivity index (χ0v) is 23.4. The smallest absolute Gasteiger partial charge is 0.240 e. The molecular formula is C34H34ClFN2O2. The number of halogens is 2. The van der Waals surface area contributed by atoms with Crippen LogP contribution < -0.4 is 0 Å². The molecule has 6 heteroatoms. The van der Waals surface area contributed by atoms with Gasteiger partial charge in [0.25, 0.3) is 0 Å². The van der Waals surface area contributed by atoms with Crippen LogP contribution in [0, 0.1) is 0 Å². The zero-order chi connectivity index (χ0) is 27.9. The van der Waals surface area contributed by atoms with Crippen LogP contribution in [0.15, 0.2) is 96.6 Å². The average molecular weight is 557 g/mol. The molecule has 40 heavy (non-hydrogen) atoms. The maximum Gasteiger partial charge on any atom is 0.240 e. The highest BCUT2D eigenvalue weighted by molar-refractivity contribution is 6.31. The first-order chi connectivity index (χ1) is 19.3. The quantitative estimate of drug-likeness (QED) is 0.392. The number of amides is 1. The van der Waals surface area contributed by atoms with Gasteiger partial charge in [0.1, 0.15) is 0 Å². The van der Waals surface area contributed by atoms with E-state index in [9.17, 15) is 14.3 Å². The normalized spacial score (nSPS) is 23.3. The van der Waals surface area contributed by atoms with Gasteiger partial charge in [-0.2, -0.15) is 0 Å². The fourth-order valence-corrected chi connectivity index (χ4v) is 6.91. The van der Waals surface area contributed by atoms with Crippen molar-refractivity contribution in [1.82, 2.24) is 9.80 Å². The standard InChI is InChI=1S/C34H34ClFN2O2/c1-23(37-18-16-25-10-4-5-13-29(25)32(37)30-14-6-7-15-31(30)35)33(39)38(22-24-9-8-17-34(36,40)21-24)28-19-26-11-2-3-12-27(26)20-28/h2-15,17,23,28,32,40H,16,18-22H2,1H3/t23-,32+,34?/m0/s1. The van der Waals surface area contributed by atoms with E-state index in [1.54, 1.807) is 6.08 Å². The number of carbonyl (C=O) groups is 1. The van der Waals surface area contributed by atoms with E-state index in [1.165, 1.54) is 22.3 Å². The van der Waals surface area contributed by atoms with E-state index in [0.29, 0.717) is 17.1 Å². The summed E-state index contributed by atoms with van der Waals surface area (Å²) >= 11 is 6.75. The molecule has 0 spiro atoms. The average Bonchev–Trinajstić information content (AvgIpc) is 3.38. The maximum atomic E-state index is 14.5. The van der Waals surface area contributed by atoms with E-state index < -0.39 is 11.9 Å². The Morgan fingerprint density at radius 3 is 2.33 bits per heavy atom. The fraction of sp³-hybridized carbons (Fsp3) is 0.324. The van der Waals surface area contributed by atoms with Crippen LogP contribution >= 0.6 is 11.6 Å². The Kier molecular flexibility index (Phi) is 7.39. The minimum absolute atomic E-state index is 0.00657. The van der Waals surface area contributed by atoms with Crippen molar-refractivity contribution >= 4 is 17.5 Å². The number of aliphatic hydroxyl groups is 1. The molecule has 1 heterocycles. The second-order valence-corrected chi connectivity index (χ2v) is 11.7. The van der Waals surface area contributed by atoms with Crippen molar-refractivity contribution in [1.29, 1.82) is 0 Å². The Morgan fingerprint density at radius 1 is 1.02 bits per heavy atom. The van der Waals surface area contributed by atoms with E-state index >= 15 is 0 Å². The Bertz CT molecular complexity index is 1460. The molecule has 0 bridgehead atoms. The van der Waals surface area contributed by atoms with Crippen LogP contribution in [0.3, 0.4) is 0 Å². The number of hydrogen-bond donors (Lipinski definition) is 1. The van der Waals surface area contributed by atoms with Crippen molar-refractivity contribution in [2.24, 2.45) is 0 Å². The second kappa shape index (κ2) is 11.0. The number of rotatable bonds is 6. The lowest BCUT2D eigenvalue weighted by Crippen LogP contribution is -2.54. The number of allylic oxidation sites excluding steroid dienone is 2. The van der Waals surface area contributed by atoms with Crippen LogP contribution in [0.5, 0.6) is 0 Å². The first-order valence-electron chi connectivity index (χ1n) is 14.0. The molecule has 4 nitrogen and oxygen atoms in total. The summed E-state index contributed by atoms with van der Waals surface area (Å²) in [5.74, 6) is -2.39. The molecule has 3 atom stereocenters. The van der Waals surface area contributed by atoms with Gasteiger partial charge in [0.2, 0.25) is 11.8 Å². The number of alkyl halides is 1. The Morgan fingerprint density at radius 2 is 1.65 bits per heavy atom. The van der Waals surface area contributed by atoms with Crippen molar-refractivity contribution < 1.29 is 14.3 Å². The van der Waals surface area contributed by atoms with E-state index in [-0.39, 0.29) is 31.0 Å². The highest BCUT2D eigenvalue weighted by atomic mass is 35.5. The summed E-state index contributed by atoms with van der Waals surface area (Å²) in [4.78, 5) is 18.7. The second-order valence-electron chi connectivity index (χ2n) is 11.3. The molecule has 3 aliphatic rings. The third-order valence-corrected chi connectivity index (χ3v) is 9.00. The highest BCUT2D eigenvalue weighted by Crippen LogP contribution is 2.40. The first kappa shape index (κ1) is 26.9. The summed E-state index contributed by atoms with van der Waals surface area (Å²) in [5, 5.41) is 10.8. The predicted molar refractivity (Wildman–Crippen MR) is 157 cm³/mol. The first-order valence-corrected chi connectivity index (χ1v) is 14.4. The van der Waals surface area contributed by atoms with E-state index in [1.807, 2.05) is 60.4 Å². The monoisotopic (exact) mass is 556 g/mol. The van der Waals surface area contributed by atoms with Gasteiger partial charge in [-0.15, -0.1) is 0 Å². The summed E-state index contributed by atoms with van der Waals surface area (Å²) in [7, 11) is 0. The van der Waals surface area contributed by atoms with Gasteiger partial charge < -0.3 is 10.0 Å². The molecule has 0 aromatic heterocycles. The van der Waals surface area contributed by atoms with Crippen molar-refractivity contribution in [2.75, 3.05) is 13.1 Å². The summed E-state index contributed by atoms with van der Waals surface area (Å²) in [6, 6.07) is 24.0.